The van der Waals surface area contributed by atoms with E-state index in [1.54, 1.807) is 13.3 Å². The first-order chi connectivity index (χ1) is 14.9. The molecule has 9 heteroatoms. The number of amides is 2. The second-order valence-electron chi connectivity index (χ2n) is 7.80. The Bertz CT molecular complexity index is 864. The van der Waals surface area contributed by atoms with Crippen LogP contribution in [0, 0.1) is 5.92 Å². The van der Waals surface area contributed by atoms with Gasteiger partial charge in [-0.2, -0.15) is 0 Å². The van der Waals surface area contributed by atoms with Crippen molar-refractivity contribution >= 4 is 40.2 Å². The Hall–Kier alpha value is -2.26. The molecule has 0 spiro atoms. The van der Waals surface area contributed by atoms with Crippen molar-refractivity contribution in [3.63, 3.8) is 0 Å². The van der Waals surface area contributed by atoms with Gasteiger partial charge in [-0.15, -0.1) is 11.8 Å². The summed E-state index contributed by atoms with van der Waals surface area (Å²) in [6.07, 6.45) is 6.65. The van der Waals surface area contributed by atoms with Crippen molar-refractivity contribution in [3.05, 3.63) is 36.0 Å². The Balaban J connectivity index is 1.64. The van der Waals surface area contributed by atoms with Gasteiger partial charge in [-0.05, 0) is 55.7 Å². The van der Waals surface area contributed by atoms with Crippen LogP contribution < -0.4 is 10.1 Å². The molecule has 2 amide bonds. The molecule has 1 aromatic heterocycles. The fraction of sp³-hybridized carbons (Fsp3) is 0.500. The molecule has 1 fully saturated rings. The Morgan fingerprint density at radius 1 is 1.26 bits per heavy atom. The number of carboxylic acids is 1. The van der Waals surface area contributed by atoms with Crippen LogP contribution in [0.5, 0.6) is 5.75 Å². The van der Waals surface area contributed by atoms with Crippen molar-refractivity contribution in [2.24, 2.45) is 5.92 Å². The third-order valence-corrected chi connectivity index (χ3v) is 7.62. The summed E-state index contributed by atoms with van der Waals surface area (Å²) in [5.74, 6) is 0.625. The highest BCUT2D eigenvalue weighted by Gasteiger charge is 2.28. The molecule has 2 N–H and O–H groups in total. The van der Waals surface area contributed by atoms with Crippen molar-refractivity contribution in [1.82, 2.24) is 9.88 Å². The van der Waals surface area contributed by atoms with E-state index in [1.807, 2.05) is 29.2 Å². The number of urea groups is 1. The number of hydrogen-bond donors (Lipinski definition) is 2. The summed E-state index contributed by atoms with van der Waals surface area (Å²) >= 11 is 2.51. The van der Waals surface area contributed by atoms with E-state index in [1.165, 1.54) is 23.1 Å². The number of rotatable bonds is 9. The molecule has 0 bridgehead atoms. The van der Waals surface area contributed by atoms with Crippen molar-refractivity contribution in [2.45, 2.75) is 49.3 Å². The van der Waals surface area contributed by atoms with Gasteiger partial charge in [-0.25, -0.2) is 9.78 Å². The highest BCUT2D eigenvalue weighted by Crippen LogP contribution is 2.30. The quantitative estimate of drug-likeness (QED) is 0.510. The number of carbonyl (C=O) groups is 2. The van der Waals surface area contributed by atoms with Crippen molar-refractivity contribution in [2.75, 3.05) is 24.7 Å². The molecule has 1 aliphatic rings. The van der Waals surface area contributed by atoms with Crippen LogP contribution in [0.1, 0.15) is 38.2 Å². The first-order valence-corrected chi connectivity index (χ1v) is 12.3. The molecule has 3 rings (SSSR count). The van der Waals surface area contributed by atoms with E-state index in [9.17, 15) is 9.59 Å². The molecule has 1 heterocycles. The van der Waals surface area contributed by atoms with E-state index in [4.69, 9.17) is 9.84 Å². The molecule has 0 unspecified atom stereocenters. The maximum atomic E-state index is 13.2. The van der Waals surface area contributed by atoms with Crippen molar-refractivity contribution in [3.8, 4) is 5.75 Å². The summed E-state index contributed by atoms with van der Waals surface area (Å²) in [4.78, 5) is 30.1. The molecule has 2 aromatic rings. The van der Waals surface area contributed by atoms with E-state index in [-0.39, 0.29) is 17.8 Å². The number of nitrogens with zero attached hydrogens (tertiary/aromatic N) is 2. The van der Waals surface area contributed by atoms with Crippen LogP contribution in [-0.2, 0) is 11.2 Å². The van der Waals surface area contributed by atoms with Gasteiger partial charge in [-0.3, -0.25) is 10.1 Å². The molecule has 0 saturated heterocycles. The zero-order valence-electron chi connectivity index (χ0n) is 17.9. The number of hydrogen-bond acceptors (Lipinski definition) is 6. The minimum absolute atomic E-state index is 0.0240. The van der Waals surface area contributed by atoms with Crippen LogP contribution in [-0.4, -0.2) is 52.4 Å². The zero-order valence-corrected chi connectivity index (χ0v) is 19.5. The lowest BCUT2D eigenvalue weighted by molar-refractivity contribution is -0.133. The minimum atomic E-state index is -0.875. The molecule has 1 aliphatic carbocycles. The van der Waals surface area contributed by atoms with Gasteiger partial charge in [0.2, 0.25) is 0 Å². The molecule has 168 valence electrons. The number of carbonyl (C=O) groups excluding carboxylic acids is 1. The minimum Gasteiger partial charge on any atom is -0.497 e. The van der Waals surface area contributed by atoms with Gasteiger partial charge in [-0.1, -0.05) is 30.4 Å². The average molecular weight is 464 g/mol. The molecule has 0 atom stereocenters. The maximum Gasteiger partial charge on any atom is 0.323 e. The van der Waals surface area contributed by atoms with Gasteiger partial charge in [0.15, 0.2) is 5.13 Å². The third kappa shape index (κ3) is 7.14. The van der Waals surface area contributed by atoms with Gasteiger partial charge >= 0.3 is 12.0 Å². The summed E-state index contributed by atoms with van der Waals surface area (Å²) < 4.78 is 5.99. The number of aliphatic carboxylic acids is 1. The summed E-state index contributed by atoms with van der Waals surface area (Å²) in [5, 5.41) is 12.2. The Morgan fingerprint density at radius 3 is 2.61 bits per heavy atom. The van der Waals surface area contributed by atoms with Crippen LogP contribution >= 0.6 is 23.1 Å². The molecule has 0 aliphatic heterocycles. The summed E-state index contributed by atoms with van der Waals surface area (Å²) in [6, 6.07) is 8.02. The Labute approximate surface area is 191 Å². The second-order valence-corrected chi connectivity index (χ2v) is 10.1. The highest BCUT2D eigenvalue weighted by atomic mass is 32.2. The van der Waals surface area contributed by atoms with Crippen LogP contribution in [0.2, 0.25) is 0 Å². The number of thioether (sulfide) groups is 1. The van der Waals surface area contributed by atoms with Crippen LogP contribution in [0.25, 0.3) is 0 Å². The highest BCUT2D eigenvalue weighted by molar-refractivity contribution is 8.01. The molecular formula is C22H29N3O4S2. The lowest BCUT2D eigenvalue weighted by Gasteiger charge is -2.36. The third-order valence-electron chi connectivity index (χ3n) is 5.52. The van der Waals surface area contributed by atoms with E-state index < -0.39 is 5.97 Å². The molecule has 31 heavy (non-hydrogen) atoms. The number of ether oxygens (including phenoxy) is 1. The zero-order chi connectivity index (χ0) is 22.2. The van der Waals surface area contributed by atoms with Crippen LogP contribution in [0.15, 0.2) is 34.7 Å². The van der Waals surface area contributed by atoms with Crippen LogP contribution in [0.3, 0.4) is 0 Å². The summed E-state index contributed by atoms with van der Waals surface area (Å²) in [6.45, 7) is 2.90. The number of thiazole rings is 1. The maximum absolute atomic E-state index is 13.2. The van der Waals surface area contributed by atoms with Crippen molar-refractivity contribution in [1.29, 1.82) is 0 Å². The lowest BCUT2D eigenvalue weighted by atomic mass is 9.86. The summed E-state index contributed by atoms with van der Waals surface area (Å²) in [7, 11) is 1.65. The van der Waals surface area contributed by atoms with Gasteiger partial charge in [0, 0.05) is 12.6 Å². The monoisotopic (exact) mass is 463 g/mol. The van der Waals surface area contributed by atoms with Gasteiger partial charge in [0.1, 0.15) is 5.75 Å². The van der Waals surface area contributed by atoms with E-state index in [2.05, 4.69) is 17.2 Å². The van der Waals surface area contributed by atoms with E-state index >= 15 is 0 Å². The topological polar surface area (TPSA) is 91.8 Å². The predicted molar refractivity (Wildman–Crippen MR) is 124 cm³/mol. The number of benzene rings is 1. The number of carboxylic acid groups (broad SMARTS) is 1. The Kier molecular flexibility index (Phi) is 8.60. The Morgan fingerprint density at radius 2 is 1.97 bits per heavy atom. The normalized spacial score (nSPS) is 18.4. The largest absolute Gasteiger partial charge is 0.497 e. The van der Waals surface area contributed by atoms with Gasteiger partial charge in [0.05, 0.1) is 23.3 Å². The van der Waals surface area contributed by atoms with Crippen LogP contribution in [0.4, 0.5) is 9.93 Å². The smallest absolute Gasteiger partial charge is 0.323 e. The molecule has 1 aromatic carbocycles. The predicted octanol–water partition coefficient (Wildman–Crippen LogP) is 4.98. The fourth-order valence-electron chi connectivity index (χ4n) is 3.73. The van der Waals surface area contributed by atoms with E-state index in [0.717, 1.165) is 47.6 Å². The molecule has 1 saturated carbocycles. The molecule has 0 radical (unpaired) electrons. The molecule has 7 nitrogen and oxygen atoms in total. The summed E-state index contributed by atoms with van der Waals surface area (Å²) in [5.41, 5.74) is 1.16. The fourth-order valence-corrected chi connectivity index (χ4v) is 5.31. The SMILES string of the molecule is COc1ccc(CCN(C(=O)Nc2ncc(SCC(=O)O)s2)[C@H]2CC[C@H](C)CC2)cc1. The number of anilines is 1. The van der Waals surface area contributed by atoms with E-state index in [0.29, 0.717) is 17.6 Å². The average Bonchev–Trinajstić information content (AvgIpc) is 3.21. The second kappa shape index (κ2) is 11.4. The van der Waals surface area contributed by atoms with Crippen molar-refractivity contribution < 1.29 is 19.4 Å². The first kappa shape index (κ1) is 23.4. The van der Waals surface area contributed by atoms with Gasteiger partial charge < -0.3 is 14.7 Å². The molecular weight excluding hydrogens is 434 g/mol. The number of nitrogens with one attached hydrogen (secondary N) is 1. The number of aromatic nitrogens is 1. The lowest BCUT2D eigenvalue weighted by Crippen LogP contribution is -2.45. The standard InChI is InChI=1S/C22H29N3O4S2/c1-15-3-7-17(8-4-15)25(12-11-16-5-9-18(29-2)10-6-16)22(28)24-21-23-13-20(31-21)30-14-19(26)27/h5-6,9-10,13,15,17H,3-4,7-8,11-12,14H2,1-2H3,(H,26,27)(H,23,24,28)/t15-,17-. The van der Waals surface area contributed by atoms with Gasteiger partial charge in [0.25, 0.3) is 0 Å². The first-order valence-electron chi connectivity index (χ1n) is 10.5. The number of methoxy groups -OCH3 is 1.